The van der Waals surface area contributed by atoms with Gasteiger partial charge in [-0.2, -0.15) is 0 Å². The summed E-state index contributed by atoms with van der Waals surface area (Å²) in [6, 6.07) is 21.4. The fourth-order valence-corrected chi connectivity index (χ4v) is 4.89. The van der Waals surface area contributed by atoms with E-state index in [1.807, 2.05) is 86.7 Å². The number of carbonyl (C=O) groups is 3. The summed E-state index contributed by atoms with van der Waals surface area (Å²) >= 11 is 0. The lowest BCUT2D eigenvalue weighted by Gasteiger charge is -2.47. The van der Waals surface area contributed by atoms with E-state index in [2.05, 4.69) is 5.32 Å². The van der Waals surface area contributed by atoms with Crippen molar-refractivity contribution >= 4 is 35.0 Å². The molecular formula is C30H29N3O4. The maximum atomic E-state index is 13.3. The van der Waals surface area contributed by atoms with Crippen LogP contribution in [0.3, 0.4) is 0 Å². The minimum atomic E-state index is -0.623. The lowest BCUT2D eigenvalue weighted by molar-refractivity contribution is -0.126. The number of carbonyl (C=O) groups excluding carboxylic acids is 3. The zero-order valence-electron chi connectivity index (χ0n) is 20.8. The second-order valence-corrected chi connectivity index (χ2v) is 9.59. The Morgan fingerprint density at radius 2 is 1.65 bits per heavy atom. The molecule has 0 spiro atoms. The molecule has 37 heavy (non-hydrogen) atoms. The van der Waals surface area contributed by atoms with Crippen LogP contribution in [0, 0.1) is 13.8 Å². The van der Waals surface area contributed by atoms with Gasteiger partial charge in [0.25, 0.3) is 11.7 Å². The topological polar surface area (TPSA) is 90.0 Å². The number of ketones is 1. The number of nitrogens with zero attached hydrogens (tertiary/aromatic N) is 2. The van der Waals surface area contributed by atoms with E-state index in [9.17, 15) is 19.5 Å². The molecule has 7 nitrogen and oxygen atoms in total. The van der Waals surface area contributed by atoms with Crippen LogP contribution in [0.4, 0.5) is 11.4 Å². The standard InChI is InChI=1S/C30H29N3O4/c1-19-8-12-23(13-9-19)33-26(15-11-21-6-4-3-5-7-21)27(29(33)36)31-22(18-34)17-32-25-14-10-20(2)16-24(25)28(35)30(32)37/h3-16,22,26-27,31,34H,17-18H2,1-2H3/b15-11+/t22?,26-,27+/m1/s1. The van der Waals surface area contributed by atoms with Crippen molar-refractivity contribution in [3.63, 3.8) is 0 Å². The highest BCUT2D eigenvalue weighted by Gasteiger charge is 2.48. The number of rotatable bonds is 8. The summed E-state index contributed by atoms with van der Waals surface area (Å²) in [5.74, 6) is -1.29. The van der Waals surface area contributed by atoms with Gasteiger partial charge in [0.15, 0.2) is 0 Å². The molecule has 1 saturated heterocycles. The first-order valence-corrected chi connectivity index (χ1v) is 12.3. The largest absolute Gasteiger partial charge is 0.395 e. The lowest BCUT2D eigenvalue weighted by Crippen LogP contribution is -2.72. The molecule has 2 aliphatic heterocycles. The molecule has 188 valence electrons. The second kappa shape index (κ2) is 10.1. The van der Waals surface area contributed by atoms with Crippen molar-refractivity contribution in [1.82, 2.24) is 5.32 Å². The first-order chi connectivity index (χ1) is 17.9. The van der Waals surface area contributed by atoms with Crippen molar-refractivity contribution < 1.29 is 19.5 Å². The Kier molecular flexibility index (Phi) is 6.74. The molecule has 1 unspecified atom stereocenters. The normalized spacial score (nSPS) is 19.9. The zero-order chi connectivity index (χ0) is 26.1. The maximum absolute atomic E-state index is 13.3. The number of aliphatic hydroxyl groups excluding tert-OH is 1. The third-order valence-corrected chi connectivity index (χ3v) is 6.91. The fourth-order valence-electron chi connectivity index (χ4n) is 4.89. The van der Waals surface area contributed by atoms with Gasteiger partial charge in [0.1, 0.15) is 6.04 Å². The summed E-state index contributed by atoms with van der Waals surface area (Å²) in [4.78, 5) is 41.7. The SMILES string of the molecule is Cc1ccc(N2C(=O)[C@@H](NC(CO)CN3C(=O)C(=O)c4cc(C)ccc43)[C@H]2/C=C/c2ccccc2)cc1. The minimum absolute atomic E-state index is 0.0700. The number of fused-ring (bicyclic) bond motifs is 1. The Bertz CT molecular complexity index is 1370. The predicted molar refractivity (Wildman–Crippen MR) is 144 cm³/mol. The number of aryl methyl sites for hydroxylation is 2. The van der Waals surface area contributed by atoms with Crippen LogP contribution < -0.4 is 15.1 Å². The van der Waals surface area contributed by atoms with E-state index in [1.165, 1.54) is 4.90 Å². The van der Waals surface area contributed by atoms with Gasteiger partial charge in [0.2, 0.25) is 5.91 Å². The number of β-lactam (4-membered cyclic amide) rings is 1. The molecule has 2 amide bonds. The van der Waals surface area contributed by atoms with Gasteiger partial charge in [0.05, 0.1) is 23.9 Å². The number of aliphatic hydroxyl groups is 1. The molecule has 0 bridgehead atoms. The number of hydrogen-bond donors (Lipinski definition) is 2. The van der Waals surface area contributed by atoms with Crippen LogP contribution >= 0.6 is 0 Å². The molecule has 3 aromatic carbocycles. The summed E-state index contributed by atoms with van der Waals surface area (Å²) in [7, 11) is 0. The van der Waals surface area contributed by atoms with Gasteiger partial charge in [0, 0.05) is 18.3 Å². The van der Waals surface area contributed by atoms with Crippen molar-refractivity contribution in [3.8, 4) is 0 Å². The minimum Gasteiger partial charge on any atom is -0.395 e. The van der Waals surface area contributed by atoms with E-state index in [-0.39, 0.29) is 25.1 Å². The Morgan fingerprint density at radius 3 is 2.35 bits per heavy atom. The van der Waals surface area contributed by atoms with E-state index in [4.69, 9.17) is 0 Å². The molecule has 3 atom stereocenters. The summed E-state index contributed by atoms with van der Waals surface area (Å²) in [6.07, 6.45) is 3.95. The third kappa shape index (κ3) is 4.71. The van der Waals surface area contributed by atoms with Crippen LogP contribution in [0.5, 0.6) is 0 Å². The van der Waals surface area contributed by atoms with Crippen molar-refractivity contribution in [3.05, 3.63) is 101 Å². The van der Waals surface area contributed by atoms with Gasteiger partial charge in [-0.25, -0.2) is 0 Å². The van der Waals surface area contributed by atoms with Gasteiger partial charge in [-0.05, 0) is 43.7 Å². The number of hydrogen-bond acceptors (Lipinski definition) is 5. The van der Waals surface area contributed by atoms with E-state index in [0.717, 1.165) is 22.4 Å². The molecule has 0 aliphatic carbocycles. The van der Waals surface area contributed by atoms with Crippen LogP contribution in [-0.2, 0) is 9.59 Å². The zero-order valence-corrected chi connectivity index (χ0v) is 20.8. The van der Waals surface area contributed by atoms with Gasteiger partial charge in [-0.3, -0.25) is 19.7 Å². The summed E-state index contributed by atoms with van der Waals surface area (Å²) in [5.41, 5.74) is 4.70. The van der Waals surface area contributed by atoms with E-state index >= 15 is 0 Å². The average molecular weight is 496 g/mol. The third-order valence-electron chi connectivity index (χ3n) is 6.91. The molecule has 2 heterocycles. The lowest BCUT2D eigenvalue weighted by atomic mass is 9.91. The molecule has 2 N–H and O–H groups in total. The molecule has 3 aromatic rings. The quantitative estimate of drug-likeness (QED) is 0.370. The Labute approximate surface area is 216 Å². The maximum Gasteiger partial charge on any atom is 0.299 e. The van der Waals surface area contributed by atoms with Crippen LogP contribution in [0.2, 0.25) is 0 Å². The number of benzene rings is 3. The van der Waals surface area contributed by atoms with Crippen LogP contribution in [0.15, 0.2) is 78.9 Å². The van der Waals surface area contributed by atoms with Gasteiger partial charge < -0.3 is 14.9 Å². The van der Waals surface area contributed by atoms with Crippen molar-refractivity contribution in [2.45, 2.75) is 32.0 Å². The summed E-state index contributed by atoms with van der Waals surface area (Å²) in [6.45, 7) is 3.63. The Hall–Kier alpha value is -4.07. The second-order valence-electron chi connectivity index (χ2n) is 9.59. The first-order valence-electron chi connectivity index (χ1n) is 12.3. The van der Waals surface area contributed by atoms with Crippen LogP contribution in [0.25, 0.3) is 6.08 Å². The van der Waals surface area contributed by atoms with Gasteiger partial charge in [-0.1, -0.05) is 71.8 Å². The highest BCUT2D eigenvalue weighted by atomic mass is 16.3. The molecule has 0 aromatic heterocycles. The number of amides is 2. The molecule has 5 rings (SSSR count). The van der Waals surface area contributed by atoms with Crippen LogP contribution in [0.1, 0.15) is 27.0 Å². The fraction of sp³-hybridized carbons (Fsp3) is 0.233. The first kappa shape index (κ1) is 24.6. The van der Waals surface area contributed by atoms with E-state index in [1.54, 1.807) is 17.0 Å². The molecule has 0 radical (unpaired) electrons. The Morgan fingerprint density at radius 1 is 0.946 bits per heavy atom. The van der Waals surface area contributed by atoms with Crippen molar-refractivity contribution in [1.29, 1.82) is 0 Å². The number of nitrogens with one attached hydrogen (secondary N) is 1. The van der Waals surface area contributed by atoms with E-state index < -0.39 is 23.8 Å². The summed E-state index contributed by atoms with van der Waals surface area (Å²) in [5, 5.41) is 13.4. The molecular weight excluding hydrogens is 466 g/mol. The molecule has 7 heteroatoms. The van der Waals surface area contributed by atoms with Gasteiger partial charge >= 0.3 is 0 Å². The van der Waals surface area contributed by atoms with Crippen LogP contribution in [-0.4, -0.2) is 54.0 Å². The van der Waals surface area contributed by atoms with Crippen molar-refractivity contribution in [2.24, 2.45) is 0 Å². The van der Waals surface area contributed by atoms with E-state index in [0.29, 0.717) is 11.3 Å². The highest BCUT2D eigenvalue weighted by Crippen LogP contribution is 2.32. The summed E-state index contributed by atoms with van der Waals surface area (Å²) < 4.78 is 0. The predicted octanol–water partition coefficient (Wildman–Crippen LogP) is 3.28. The molecule has 2 aliphatic rings. The Balaban J connectivity index is 1.38. The number of Topliss-reactive ketones (excluding diaryl/α,β-unsaturated/α-hetero) is 1. The molecule has 1 fully saturated rings. The smallest absolute Gasteiger partial charge is 0.299 e. The average Bonchev–Trinajstić information content (AvgIpc) is 3.14. The number of anilines is 2. The van der Waals surface area contributed by atoms with Crippen molar-refractivity contribution in [2.75, 3.05) is 23.0 Å². The highest BCUT2D eigenvalue weighted by molar-refractivity contribution is 6.52. The molecule has 0 saturated carbocycles. The monoisotopic (exact) mass is 495 g/mol. The van der Waals surface area contributed by atoms with Gasteiger partial charge in [-0.15, -0.1) is 0 Å².